The number of carbonyl (C=O) groups excluding carboxylic acids is 2. The third-order valence-corrected chi connectivity index (χ3v) is 5.72. The van der Waals surface area contributed by atoms with E-state index in [4.69, 9.17) is 0 Å². The van der Waals surface area contributed by atoms with Crippen LogP contribution >= 0.6 is 0 Å². The van der Waals surface area contributed by atoms with Gasteiger partial charge in [-0.1, -0.05) is 48.5 Å². The van der Waals surface area contributed by atoms with Gasteiger partial charge >= 0.3 is 0 Å². The summed E-state index contributed by atoms with van der Waals surface area (Å²) < 4.78 is 0. The molecule has 0 saturated carbocycles. The van der Waals surface area contributed by atoms with Crippen LogP contribution in [0.3, 0.4) is 0 Å². The van der Waals surface area contributed by atoms with Gasteiger partial charge in [0, 0.05) is 12.4 Å². The molecule has 6 heteroatoms. The number of carbonyl (C=O) groups is 2. The summed E-state index contributed by atoms with van der Waals surface area (Å²) >= 11 is 0. The van der Waals surface area contributed by atoms with Crippen LogP contribution in [-0.2, 0) is 22.4 Å². The minimum Gasteiger partial charge on any atom is -0.324 e. The Balaban J connectivity index is 1.54. The van der Waals surface area contributed by atoms with E-state index in [1.165, 1.54) is 0 Å². The lowest BCUT2D eigenvalue weighted by Crippen LogP contribution is -2.17. The fourth-order valence-electron chi connectivity index (χ4n) is 4.29. The normalized spacial score (nSPS) is 10.8. The number of anilines is 2. The van der Waals surface area contributed by atoms with E-state index in [-0.39, 0.29) is 24.7 Å². The summed E-state index contributed by atoms with van der Waals surface area (Å²) in [6, 6.07) is 23.1. The van der Waals surface area contributed by atoms with Crippen molar-refractivity contribution >= 4 is 44.7 Å². The summed E-state index contributed by atoms with van der Waals surface area (Å²) in [5.74, 6) is -0.240. The van der Waals surface area contributed by atoms with Gasteiger partial charge in [0.1, 0.15) is 0 Å². The first-order chi connectivity index (χ1) is 16.7. The smallest absolute Gasteiger partial charge is 0.228 e. The largest absolute Gasteiger partial charge is 0.324 e. The molecule has 0 radical (unpaired) electrons. The van der Waals surface area contributed by atoms with Crippen molar-refractivity contribution in [3.8, 4) is 0 Å². The third-order valence-electron chi connectivity index (χ3n) is 5.72. The summed E-state index contributed by atoms with van der Waals surface area (Å²) in [5, 5.41) is 9.70. The molecular formula is C28H22N4O2. The van der Waals surface area contributed by atoms with Crippen molar-refractivity contribution in [3.05, 3.63) is 109 Å². The van der Waals surface area contributed by atoms with Crippen molar-refractivity contribution in [1.82, 2.24) is 9.97 Å². The first-order valence-electron chi connectivity index (χ1n) is 11.0. The summed E-state index contributed by atoms with van der Waals surface area (Å²) in [7, 11) is 0. The van der Waals surface area contributed by atoms with Crippen LogP contribution in [0.4, 0.5) is 11.4 Å². The molecule has 2 aromatic heterocycles. The molecule has 5 rings (SSSR count). The quantitative estimate of drug-likeness (QED) is 0.354. The van der Waals surface area contributed by atoms with Gasteiger partial charge in [-0.2, -0.15) is 0 Å². The predicted molar refractivity (Wildman–Crippen MR) is 135 cm³/mol. The number of nitrogens with zero attached hydrogens (tertiary/aromatic N) is 2. The van der Waals surface area contributed by atoms with Crippen LogP contribution in [0, 0.1) is 0 Å². The Morgan fingerprint density at radius 2 is 0.941 bits per heavy atom. The van der Waals surface area contributed by atoms with Gasteiger partial charge in [0.15, 0.2) is 0 Å². The molecule has 166 valence electrons. The number of rotatable bonds is 6. The third kappa shape index (κ3) is 4.47. The van der Waals surface area contributed by atoms with E-state index in [0.29, 0.717) is 11.4 Å². The van der Waals surface area contributed by atoms with E-state index in [1.807, 2.05) is 60.7 Å². The second kappa shape index (κ2) is 9.50. The zero-order valence-corrected chi connectivity index (χ0v) is 18.4. The molecular weight excluding hydrogens is 424 g/mol. The number of fused-ring (bicyclic) bond motifs is 2. The SMILES string of the molecule is O=C(Cc1c2ccccc2c(CC(=O)Nc2cccnc2)c2ccccc12)Nc1cccnc1. The van der Waals surface area contributed by atoms with E-state index in [9.17, 15) is 9.59 Å². The Hall–Kier alpha value is -4.58. The van der Waals surface area contributed by atoms with Crippen LogP contribution < -0.4 is 10.6 Å². The van der Waals surface area contributed by atoms with E-state index < -0.39 is 0 Å². The van der Waals surface area contributed by atoms with Crippen LogP contribution in [0.1, 0.15) is 11.1 Å². The van der Waals surface area contributed by atoms with Gasteiger partial charge in [-0.25, -0.2) is 0 Å². The fourth-order valence-corrected chi connectivity index (χ4v) is 4.29. The molecule has 0 aliphatic carbocycles. The van der Waals surface area contributed by atoms with Crippen molar-refractivity contribution in [3.63, 3.8) is 0 Å². The summed E-state index contributed by atoms with van der Waals surface area (Å²) in [6.45, 7) is 0. The Bertz CT molecular complexity index is 1310. The molecule has 2 heterocycles. The predicted octanol–water partition coefficient (Wildman–Crippen LogP) is 5.15. The highest BCUT2D eigenvalue weighted by molar-refractivity contribution is 6.10. The van der Waals surface area contributed by atoms with E-state index >= 15 is 0 Å². The minimum absolute atomic E-state index is 0.120. The van der Waals surface area contributed by atoms with Gasteiger partial charge in [0.2, 0.25) is 11.8 Å². The first kappa shape index (κ1) is 21.3. The van der Waals surface area contributed by atoms with Crippen molar-refractivity contribution in [2.24, 2.45) is 0 Å². The summed E-state index contributed by atoms with van der Waals surface area (Å²) in [4.78, 5) is 34.0. The monoisotopic (exact) mass is 446 g/mol. The maximum atomic E-state index is 12.9. The molecule has 6 nitrogen and oxygen atoms in total. The summed E-state index contributed by atoms with van der Waals surface area (Å²) in [5.41, 5.74) is 3.18. The first-order valence-corrected chi connectivity index (χ1v) is 11.0. The van der Waals surface area contributed by atoms with Crippen LogP contribution in [-0.4, -0.2) is 21.8 Å². The Labute approximate surface area is 196 Å². The van der Waals surface area contributed by atoms with Crippen LogP contribution in [0.15, 0.2) is 97.6 Å². The van der Waals surface area contributed by atoms with Gasteiger partial charge in [-0.3, -0.25) is 19.6 Å². The van der Waals surface area contributed by atoms with E-state index in [1.54, 1.807) is 36.9 Å². The Morgan fingerprint density at radius 1 is 0.559 bits per heavy atom. The van der Waals surface area contributed by atoms with Gasteiger partial charge in [0.05, 0.1) is 36.6 Å². The summed E-state index contributed by atoms with van der Waals surface area (Å²) in [6.07, 6.45) is 6.99. The van der Waals surface area contributed by atoms with E-state index in [2.05, 4.69) is 20.6 Å². The minimum atomic E-state index is -0.120. The molecule has 0 fully saturated rings. The fraction of sp³-hybridized carbons (Fsp3) is 0.0714. The molecule has 0 aliphatic rings. The average Bonchev–Trinajstić information content (AvgIpc) is 2.87. The van der Waals surface area contributed by atoms with Gasteiger partial charge in [-0.15, -0.1) is 0 Å². The molecule has 2 N–H and O–H groups in total. The zero-order chi connectivity index (χ0) is 23.3. The van der Waals surface area contributed by atoms with Crippen LogP contribution in [0.5, 0.6) is 0 Å². The highest BCUT2D eigenvalue weighted by Crippen LogP contribution is 2.34. The molecule has 3 aromatic carbocycles. The second-order valence-corrected chi connectivity index (χ2v) is 7.98. The topological polar surface area (TPSA) is 84.0 Å². The van der Waals surface area contributed by atoms with Crippen LogP contribution in [0.25, 0.3) is 21.5 Å². The standard InChI is InChI=1S/C28H22N4O2/c33-27(31-19-7-5-13-29-17-19)15-25-21-9-1-2-10-22(21)26(24-12-4-3-11-23(24)25)16-28(34)32-20-8-6-14-30-18-20/h1-14,17-18H,15-16H2,(H,31,33)(H,32,34). The number of amides is 2. The maximum Gasteiger partial charge on any atom is 0.228 e. The Kier molecular flexibility index (Phi) is 5.95. The lowest BCUT2D eigenvalue weighted by atomic mass is 9.89. The molecule has 0 spiro atoms. The lowest BCUT2D eigenvalue weighted by Gasteiger charge is -2.17. The molecule has 5 aromatic rings. The number of hydrogen-bond donors (Lipinski definition) is 2. The van der Waals surface area contributed by atoms with Crippen molar-refractivity contribution in [2.45, 2.75) is 12.8 Å². The van der Waals surface area contributed by atoms with Gasteiger partial charge in [0.25, 0.3) is 0 Å². The average molecular weight is 447 g/mol. The molecule has 0 unspecified atom stereocenters. The molecule has 0 atom stereocenters. The molecule has 2 amide bonds. The number of aromatic nitrogens is 2. The van der Waals surface area contributed by atoms with Crippen molar-refractivity contribution in [1.29, 1.82) is 0 Å². The number of nitrogens with one attached hydrogen (secondary N) is 2. The second-order valence-electron chi connectivity index (χ2n) is 7.98. The number of pyridine rings is 2. The van der Waals surface area contributed by atoms with Gasteiger partial charge < -0.3 is 10.6 Å². The lowest BCUT2D eigenvalue weighted by molar-refractivity contribution is -0.116. The van der Waals surface area contributed by atoms with Gasteiger partial charge in [-0.05, 0) is 56.9 Å². The highest BCUT2D eigenvalue weighted by Gasteiger charge is 2.18. The molecule has 34 heavy (non-hydrogen) atoms. The number of hydrogen-bond acceptors (Lipinski definition) is 4. The molecule has 0 aliphatic heterocycles. The molecule has 0 saturated heterocycles. The molecule has 0 bridgehead atoms. The van der Waals surface area contributed by atoms with Crippen molar-refractivity contribution in [2.75, 3.05) is 10.6 Å². The zero-order valence-electron chi connectivity index (χ0n) is 18.4. The highest BCUT2D eigenvalue weighted by atomic mass is 16.2. The van der Waals surface area contributed by atoms with E-state index in [0.717, 1.165) is 32.7 Å². The maximum absolute atomic E-state index is 12.9. The van der Waals surface area contributed by atoms with Crippen LogP contribution in [0.2, 0.25) is 0 Å². The Morgan fingerprint density at radius 3 is 1.26 bits per heavy atom. The van der Waals surface area contributed by atoms with Crippen molar-refractivity contribution < 1.29 is 9.59 Å². The number of benzene rings is 3.